The Morgan fingerprint density at radius 1 is 1.29 bits per heavy atom. The second-order valence-corrected chi connectivity index (χ2v) is 4.71. The molecule has 1 unspecified atom stereocenters. The van der Waals surface area contributed by atoms with E-state index in [0.717, 1.165) is 0 Å². The van der Waals surface area contributed by atoms with Gasteiger partial charge in [-0.05, 0) is 40.2 Å². The summed E-state index contributed by atoms with van der Waals surface area (Å²) in [5.74, 6) is -2.88. The topological polar surface area (TPSA) is 89.6 Å². The van der Waals surface area contributed by atoms with E-state index in [2.05, 4.69) is 0 Å². The molecule has 0 aromatic rings. The molecule has 0 saturated carbocycles. The Morgan fingerprint density at radius 2 is 1.82 bits per heavy atom. The number of carbonyl (C=O) groups is 2. The molecule has 0 heterocycles. The molecule has 0 spiro atoms. The van der Waals surface area contributed by atoms with E-state index >= 15 is 0 Å². The molecule has 0 aromatic carbocycles. The molecule has 0 rings (SSSR count). The molecule has 0 aromatic heterocycles. The van der Waals surface area contributed by atoms with E-state index in [0.29, 0.717) is 19.4 Å². The van der Waals surface area contributed by atoms with Gasteiger partial charge in [-0.3, -0.25) is 9.59 Å². The monoisotopic (exact) mass is 338 g/mol. The van der Waals surface area contributed by atoms with Crippen LogP contribution in [0.2, 0.25) is 0 Å². The van der Waals surface area contributed by atoms with Crippen molar-refractivity contribution in [2.75, 3.05) is 6.54 Å². The summed E-state index contributed by atoms with van der Waals surface area (Å²) in [6.07, 6.45) is 1.61. The third kappa shape index (κ3) is 9.35. The summed E-state index contributed by atoms with van der Waals surface area (Å²) in [5.41, 5.74) is 4.65. The number of carbonyl (C=O) groups excluding carboxylic acids is 1. The summed E-state index contributed by atoms with van der Waals surface area (Å²) in [7, 11) is 0. The summed E-state index contributed by atoms with van der Waals surface area (Å²) in [6, 6.07) is 0. The molecule has 1 radical (unpaired) electrons. The van der Waals surface area contributed by atoms with Crippen molar-refractivity contribution in [1.82, 2.24) is 0 Å². The third-order valence-electron chi connectivity index (χ3n) is 1.94. The van der Waals surface area contributed by atoms with Crippen molar-refractivity contribution in [1.29, 1.82) is 0 Å². The third-order valence-corrected chi connectivity index (χ3v) is 1.94. The minimum absolute atomic E-state index is 0. The molecule has 5 nitrogen and oxygen atoms in total. The minimum Gasteiger partial charge on any atom is -0.481 e. The number of ether oxygens (including phenoxy) is 1. The molecule has 17 heavy (non-hydrogen) atoms. The average molecular weight is 339 g/mol. The van der Waals surface area contributed by atoms with Crippen molar-refractivity contribution in [2.24, 2.45) is 11.7 Å². The molecular weight excluding hydrogens is 318 g/mol. The van der Waals surface area contributed by atoms with Crippen LogP contribution in [0.5, 0.6) is 0 Å². The van der Waals surface area contributed by atoms with E-state index < -0.39 is 23.5 Å². The first-order valence-electron chi connectivity index (χ1n) is 5.43. The van der Waals surface area contributed by atoms with Crippen molar-refractivity contribution in [2.45, 2.75) is 45.6 Å². The number of hydrogen-bond acceptors (Lipinski definition) is 4. The molecule has 0 aliphatic heterocycles. The van der Waals surface area contributed by atoms with Crippen LogP contribution in [-0.4, -0.2) is 29.2 Å². The molecule has 0 aliphatic carbocycles. The van der Waals surface area contributed by atoms with Gasteiger partial charge in [-0.15, -0.1) is 0 Å². The van der Waals surface area contributed by atoms with Gasteiger partial charge < -0.3 is 15.6 Å². The van der Waals surface area contributed by atoms with Gasteiger partial charge in [0.15, 0.2) is 5.92 Å². The Kier molecular flexibility index (Phi) is 9.71. The maximum Gasteiger partial charge on any atom is 0.320 e. The van der Waals surface area contributed by atoms with Crippen molar-refractivity contribution < 1.29 is 41.8 Å². The first-order valence-corrected chi connectivity index (χ1v) is 5.43. The Labute approximate surface area is 118 Å². The van der Waals surface area contributed by atoms with Crippen LogP contribution in [0.3, 0.4) is 0 Å². The van der Waals surface area contributed by atoms with Gasteiger partial charge in [-0.1, -0.05) is 6.42 Å². The van der Waals surface area contributed by atoms with Gasteiger partial charge >= 0.3 is 11.9 Å². The summed E-state index contributed by atoms with van der Waals surface area (Å²) in [6.45, 7) is 5.64. The molecule has 6 heteroatoms. The summed E-state index contributed by atoms with van der Waals surface area (Å²) >= 11 is 0. The van der Waals surface area contributed by atoms with Gasteiger partial charge in [0.25, 0.3) is 0 Å². The van der Waals surface area contributed by atoms with E-state index in [1.807, 2.05) is 0 Å². The van der Waals surface area contributed by atoms with Crippen LogP contribution in [0.4, 0.5) is 0 Å². The number of hydrogen-bond donors (Lipinski definition) is 2. The van der Waals surface area contributed by atoms with E-state index in [4.69, 9.17) is 15.6 Å². The molecule has 0 bridgehead atoms. The Bertz CT molecular complexity index is 250. The number of nitrogens with two attached hydrogens (primary N) is 1. The van der Waals surface area contributed by atoms with Crippen molar-refractivity contribution in [3.8, 4) is 0 Å². The predicted molar refractivity (Wildman–Crippen MR) is 59.9 cm³/mol. The van der Waals surface area contributed by atoms with Gasteiger partial charge in [-0.25, -0.2) is 0 Å². The first-order chi connectivity index (χ1) is 7.28. The second-order valence-electron chi connectivity index (χ2n) is 4.71. The van der Waals surface area contributed by atoms with Crippen LogP contribution in [0.15, 0.2) is 0 Å². The fraction of sp³-hybridized carbons (Fsp3) is 0.818. The fourth-order valence-electron chi connectivity index (χ4n) is 1.21. The SMILES string of the molecule is CC(C)(C)OC(=O)C(CCCCN)C(=O)O.[Ag]. The number of carboxylic acids is 1. The zero-order valence-corrected chi connectivity index (χ0v) is 11.9. The number of carboxylic acid groups (broad SMARTS) is 1. The number of rotatable bonds is 6. The smallest absolute Gasteiger partial charge is 0.320 e. The largest absolute Gasteiger partial charge is 0.481 e. The van der Waals surface area contributed by atoms with E-state index in [-0.39, 0.29) is 28.8 Å². The van der Waals surface area contributed by atoms with Crippen molar-refractivity contribution in [3.63, 3.8) is 0 Å². The van der Waals surface area contributed by atoms with Crippen molar-refractivity contribution >= 4 is 11.9 Å². The number of unbranched alkanes of at least 4 members (excludes halogenated alkanes) is 1. The second kappa shape index (κ2) is 8.69. The standard InChI is InChI=1S/C11H21NO4.Ag/c1-11(2,3)16-10(15)8(9(13)14)6-4-5-7-12;/h8H,4-7,12H2,1-3H3,(H,13,14);. The van der Waals surface area contributed by atoms with Gasteiger partial charge in [0.2, 0.25) is 0 Å². The molecule has 0 saturated heterocycles. The van der Waals surface area contributed by atoms with Gasteiger partial charge in [0.05, 0.1) is 0 Å². The minimum atomic E-state index is -1.13. The average Bonchev–Trinajstić information content (AvgIpc) is 2.08. The van der Waals surface area contributed by atoms with Crippen LogP contribution in [0.25, 0.3) is 0 Å². The van der Waals surface area contributed by atoms with Gasteiger partial charge in [0, 0.05) is 22.4 Å². The molecule has 1 atom stereocenters. The molecule has 0 fully saturated rings. The van der Waals surface area contributed by atoms with E-state index in [9.17, 15) is 9.59 Å². The Balaban J connectivity index is 0. The Morgan fingerprint density at radius 3 is 2.18 bits per heavy atom. The molecule has 0 amide bonds. The normalized spacial score (nSPS) is 12.5. The molecular formula is C11H21AgNO4. The van der Waals surface area contributed by atoms with Crippen molar-refractivity contribution in [3.05, 3.63) is 0 Å². The summed E-state index contributed by atoms with van der Waals surface area (Å²) in [4.78, 5) is 22.4. The summed E-state index contributed by atoms with van der Waals surface area (Å²) in [5, 5.41) is 8.91. The van der Waals surface area contributed by atoms with Crippen LogP contribution in [0, 0.1) is 5.92 Å². The maximum atomic E-state index is 11.6. The molecule has 3 N–H and O–H groups in total. The zero-order valence-electron chi connectivity index (χ0n) is 10.5. The summed E-state index contributed by atoms with van der Waals surface area (Å²) < 4.78 is 5.04. The van der Waals surface area contributed by atoms with Gasteiger partial charge in [-0.2, -0.15) is 0 Å². The quantitative estimate of drug-likeness (QED) is 0.328. The molecule has 105 valence electrons. The fourth-order valence-corrected chi connectivity index (χ4v) is 1.21. The Hall–Kier alpha value is -0.360. The van der Waals surface area contributed by atoms with Crippen LogP contribution < -0.4 is 5.73 Å². The van der Waals surface area contributed by atoms with Crippen LogP contribution in [0.1, 0.15) is 40.0 Å². The number of aliphatic carboxylic acids is 1. The van der Waals surface area contributed by atoms with Crippen LogP contribution in [-0.2, 0) is 36.7 Å². The zero-order chi connectivity index (χ0) is 12.8. The number of esters is 1. The van der Waals surface area contributed by atoms with Crippen LogP contribution >= 0.6 is 0 Å². The maximum absolute atomic E-state index is 11.6. The first kappa shape index (κ1) is 19.0. The van der Waals surface area contributed by atoms with Gasteiger partial charge in [0.1, 0.15) is 5.60 Å². The molecule has 0 aliphatic rings. The van der Waals surface area contributed by atoms with E-state index in [1.165, 1.54) is 0 Å². The predicted octanol–water partition coefficient (Wildman–Crippen LogP) is 1.16. The van der Waals surface area contributed by atoms with E-state index in [1.54, 1.807) is 20.8 Å².